The van der Waals surface area contributed by atoms with Crippen molar-refractivity contribution in [3.8, 4) is 0 Å². The molecule has 0 saturated carbocycles. The number of nitrogens with one attached hydrogen (secondary N) is 1. The molecule has 32 heavy (non-hydrogen) atoms. The zero-order valence-corrected chi connectivity index (χ0v) is 19.0. The van der Waals surface area contributed by atoms with Gasteiger partial charge in [0.15, 0.2) is 0 Å². The minimum Gasteiger partial charge on any atom is -0.349 e. The molecule has 2 aromatic rings. The first-order valence-corrected chi connectivity index (χ1v) is 11.6. The van der Waals surface area contributed by atoms with Crippen LogP contribution in [0.25, 0.3) is 0 Å². The van der Waals surface area contributed by atoms with Crippen LogP contribution in [-0.2, 0) is 16.0 Å². The van der Waals surface area contributed by atoms with Gasteiger partial charge >= 0.3 is 0 Å². The highest BCUT2D eigenvalue weighted by atomic mass is 35.5. The third-order valence-corrected chi connectivity index (χ3v) is 6.63. The van der Waals surface area contributed by atoms with Crippen molar-refractivity contribution in [2.75, 3.05) is 24.5 Å². The number of carbonyl (C=O) groups excluding carboxylic acids is 3. The Balaban J connectivity index is 1.28. The number of amides is 3. The van der Waals surface area contributed by atoms with Gasteiger partial charge in [-0.25, -0.2) is 0 Å². The molecular weight excluding hydrogens is 426 g/mol. The van der Waals surface area contributed by atoms with E-state index < -0.39 is 0 Å². The minimum absolute atomic E-state index is 0.0229. The Hall–Kier alpha value is -2.86. The molecule has 2 aliphatic rings. The van der Waals surface area contributed by atoms with Crippen LogP contribution < -0.4 is 10.2 Å². The zero-order chi connectivity index (χ0) is 22.7. The van der Waals surface area contributed by atoms with Crippen molar-refractivity contribution in [1.82, 2.24) is 10.2 Å². The summed E-state index contributed by atoms with van der Waals surface area (Å²) in [6, 6.07) is 14.8. The molecule has 2 saturated heterocycles. The van der Waals surface area contributed by atoms with Gasteiger partial charge in [-0.15, -0.1) is 0 Å². The summed E-state index contributed by atoms with van der Waals surface area (Å²) in [5.41, 5.74) is 2.63. The second-order valence-electron chi connectivity index (χ2n) is 8.51. The van der Waals surface area contributed by atoms with Gasteiger partial charge in [-0.3, -0.25) is 14.4 Å². The van der Waals surface area contributed by atoms with Crippen LogP contribution in [0, 0.1) is 5.92 Å². The first-order chi connectivity index (χ1) is 15.4. The number of benzene rings is 2. The number of aryl methyl sites for hydroxylation is 1. The first-order valence-electron chi connectivity index (χ1n) is 11.2. The van der Waals surface area contributed by atoms with E-state index in [1.54, 1.807) is 29.2 Å². The average Bonchev–Trinajstić information content (AvgIpc) is 3.21. The van der Waals surface area contributed by atoms with Crippen LogP contribution in [0.3, 0.4) is 0 Å². The number of likely N-dealkylation sites (tertiary alicyclic amines) is 1. The summed E-state index contributed by atoms with van der Waals surface area (Å²) in [7, 11) is 0. The van der Waals surface area contributed by atoms with Crippen molar-refractivity contribution < 1.29 is 14.4 Å². The number of halogens is 1. The SMILES string of the molecule is CCc1ccc(C(=O)NC2CCN(C(=O)[C@@H]3CC(=O)N(c4ccc(Cl)cc4)C3)CC2)cc1. The monoisotopic (exact) mass is 453 g/mol. The lowest BCUT2D eigenvalue weighted by atomic mass is 10.0. The maximum Gasteiger partial charge on any atom is 0.251 e. The molecule has 1 N–H and O–H groups in total. The van der Waals surface area contributed by atoms with E-state index in [0.29, 0.717) is 43.1 Å². The molecule has 0 aliphatic carbocycles. The number of nitrogens with zero attached hydrogens (tertiary/aromatic N) is 2. The smallest absolute Gasteiger partial charge is 0.251 e. The molecule has 2 aromatic carbocycles. The second kappa shape index (κ2) is 9.74. The number of anilines is 1. The second-order valence-corrected chi connectivity index (χ2v) is 8.94. The highest BCUT2D eigenvalue weighted by Gasteiger charge is 2.38. The van der Waals surface area contributed by atoms with E-state index in [0.717, 1.165) is 12.1 Å². The summed E-state index contributed by atoms with van der Waals surface area (Å²) in [5, 5.41) is 3.70. The standard InChI is InChI=1S/C25H28ClN3O3/c1-2-17-3-5-18(6-4-17)24(31)27-21-11-13-28(14-12-21)25(32)19-15-23(30)29(16-19)22-9-7-20(26)8-10-22/h3-10,19,21H,2,11-16H2,1H3,(H,27,31)/t19-/m1/s1. The first kappa shape index (κ1) is 22.3. The Morgan fingerprint density at radius 1 is 1.03 bits per heavy atom. The summed E-state index contributed by atoms with van der Waals surface area (Å²) in [6.45, 7) is 3.65. The number of hydrogen-bond donors (Lipinski definition) is 1. The van der Waals surface area contributed by atoms with Crippen LogP contribution in [0.5, 0.6) is 0 Å². The Kier molecular flexibility index (Phi) is 6.80. The van der Waals surface area contributed by atoms with Crippen molar-refractivity contribution >= 4 is 35.0 Å². The van der Waals surface area contributed by atoms with Gasteiger partial charge in [0.25, 0.3) is 5.91 Å². The lowest BCUT2D eigenvalue weighted by Gasteiger charge is -2.33. The van der Waals surface area contributed by atoms with E-state index in [-0.39, 0.29) is 36.1 Å². The van der Waals surface area contributed by atoms with E-state index in [9.17, 15) is 14.4 Å². The van der Waals surface area contributed by atoms with Crippen LogP contribution in [-0.4, -0.2) is 48.3 Å². The predicted octanol–water partition coefficient (Wildman–Crippen LogP) is 3.68. The van der Waals surface area contributed by atoms with Gasteiger partial charge in [-0.1, -0.05) is 30.7 Å². The lowest BCUT2D eigenvalue weighted by molar-refractivity contribution is -0.136. The van der Waals surface area contributed by atoms with E-state index >= 15 is 0 Å². The Labute approximate surface area is 193 Å². The zero-order valence-electron chi connectivity index (χ0n) is 18.2. The van der Waals surface area contributed by atoms with E-state index in [4.69, 9.17) is 11.6 Å². The van der Waals surface area contributed by atoms with E-state index in [2.05, 4.69) is 12.2 Å². The Morgan fingerprint density at radius 2 is 1.69 bits per heavy atom. The summed E-state index contributed by atoms with van der Waals surface area (Å²) in [6.07, 6.45) is 2.60. The topological polar surface area (TPSA) is 69.7 Å². The molecule has 0 aromatic heterocycles. The molecule has 1 atom stereocenters. The molecule has 0 unspecified atom stereocenters. The minimum atomic E-state index is -0.332. The largest absolute Gasteiger partial charge is 0.349 e. The fourth-order valence-electron chi connectivity index (χ4n) is 4.41. The van der Waals surface area contributed by atoms with Crippen molar-refractivity contribution in [2.24, 2.45) is 5.92 Å². The maximum absolute atomic E-state index is 13.0. The molecule has 4 rings (SSSR count). The van der Waals surface area contributed by atoms with Crippen molar-refractivity contribution in [1.29, 1.82) is 0 Å². The van der Waals surface area contributed by atoms with Gasteiger partial charge in [0.2, 0.25) is 11.8 Å². The molecule has 6 nitrogen and oxygen atoms in total. The van der Waals surface area contributed by atoms with Gasteiger partial charge in [0, 0.05) is 48.4 Å². The summed E-state index contributed by atoms with van der Waals surface area (Å²) in [5.74, 6) is -0.421. The molecule has 0 spiro atoms. The Bertz CT molecular complexity index is 982. The van der Waals surface area contributed by atoms with Crippen molar-refractivity contribution in [2.45, 2.75) is 38.6 Å². The van der Waals surface area contributed by atoms with E-state index in [1.165, 1.54) is 5.56 Å². The van der Waals surface area contributed by atoms with Gasteiger partial charge in [0.1, 0.15) is 0 Å². The van der Waals surface area contributed by atoms with Crippen LogP contribution in [0.4, 0.5) is 5.69 Å². The van der Waals surface area contributed by atoms with Gasteiger partial charge in [-0.2, -0.15) is 0 Å². The quantitative estimate of drug-likeness (QED) is 0.750. The molecular formula is C25H28ClN3O3. The van der Waals surface area contributed by atoms with Crippen LogP contribution in [0.1, 0.15) is 42.1 Å². The van der Waals surface area contributed by atoms with Gasteiger partial charge in [0.05, 0.1) is 5.92 Å². The Morgan fingerprint density at radius 3 is 2.31 bits per heavy atom. The molecule has 2 aliphatic heterocycles. The number of rotatable bonds is 5. The fraction of sp³-hybridized carbons (Fsp3) is 0.400. The van der Waals surface area contributed by atoms with Crippen LogP contribution in [0.15, 0.2) is 48.5 Å². The molecule has 7 heteroatoms. The average molecular weight is 454 g/mol. The molecule has 2 fully saturated rings. The highest BCUT2D eigenvalue weighted by Crippen LogP contribution is 2.28. The van der Waals surface area contributed by atoms with Gasteiger partial charge in [-0.05, 0) is 61.2 Å². The molecule has 168 valence electrons. The van der Waals surface area contributed by atoms with Crippen molar-refractivity contribution in [3.63, 3.8) is 0 Å². The maximum atomic E-state index is 13.0. The van der Waals surface area contributed by atoms with Crippen molar-refractivity contribution in [3.05, 3.63) is 64.7 Å². The third-order valence-electron chi connectivity index (χ3n) is 6.38. The summed E-state index contributed by atoms with van der Waals surface area (Å²) < 4.78 is 0. The predicted molar refractivity (Wildman–Crippen MR) is 125 cm³/mol. The lowest BCUT2D eigenvalue weighted by Crippen LogP contribution is -2.48. The highest BCUT2D eigenvalue weighted by molar-refractivity contribution is 6.30. The summed E-state index contributed by atoms with van der Waals surface area (Å²) in [4.78, 5) is 41.5. The van der Waals surface area contributed by atoms with E-state index in [1.807, 2.05) is 29.2 Å². The summed E-state index contributed by atoms with van der Waals surface area (Å²) >= 11 is 5.94. The molecule has 2 heterocycles. The normalized spacial score (nSPS) is 19.3. The van der Waals surface area contributed by atoms with Crippen LogP contribution >= 0.6 is 11.6 Å². The van der Waals surface area contributed by atoms with Crippen LogP contribution in [0.2, 0.25) is 5.02 Å². The number of carbonyl (C=O) groups is 3. The molecule has 0 radical (unpaired) electrons. The number of piperidine rings is 1. The van der Waals surface area contributed by atoms with Gasteiger partial charge < -0.3 is 15.1 Å². The fourth-order valence-corrected chi connectivity index (χ4v) is 4.53. The number of hydrogen-bond acceptors (Lipinski definition) is 3. The molecule has 3 amide bonds. The third kappa shape index (κ3) is 4.96. The molecule has 0 bridgehead atoms.